The van der Waals surface area contributed by atoms with Gasteiger partial charge in [0.1, 0.15) is 0 Å². The van der Waals surface area contributed by atoms with Crippen molar-refractivity contribution in [2.45, 2.75) is 43.2 Å². The molecule has 1 fully saturated rings. The lowest BCUT2D eigenvalue weighted by atomic mass is 10.0. The lowest BCUT2D eigenvalue weighted by Crippen LogP contribution is -2.32. The Hall–Kier alpha value is -1.93. The Bertz CT molecular complexity index is 941. The van der Waals surface area contributed by atoms with Crippen LogP contribution in [0.4, 0.5) is 0 Å². The molecule has 1 saturated heterocycles. The molecule has 0 saturated carbocycles. The van der Waals surface area contributed by atoms with Crippen LogP contribution in [0, 0.1) is 0 Å². The molecular weight excluding hydrogens is 412 g/mol. The second kappa shape index (κ2) is 9.71. The largest absolute Gasteiger partial charge is 0.377 e. The SMILES string of the molecule is CCC(NC(=O)c1cccc(S(=O)(=O)NCC2CCCO2)c1)c1ccc(Cl)cc1. The van der Waals surface area contributed by atoms with E-state index in [9.17, 15) is 13.2 Å². The van der Waals surface area contributed by atoms with Gasteiger partial charge < -0.3 is 10.1 Å². The number of hydrogen-bond acceptors (Lipinski definition) is 4. The fourth-order valence-corrected chi connectivity index (χ4v) is 4.49. The van der Waals surface area contributed by atoms with Gasteiger partial charge in [-0.3, -0.25) is 4.79 Å². The van der Waals surface area contributed by atoms with Crippen LogP contribution in [0.15, 0.2) is 53.4 Å². The van der Waals surface area contributed by atoms with E-state index in [4.69, 9.17) is 16.3 Å². The summed E-state index contributed by atoms with van der Waals surface area (Å²) in [4.78, 5) is 12.8. The molecule has 0 bridgehead atoms. The highest BCUT2D eigenvalue weighted by atomic mass is 35.5. The molecule has 1 aliphatic heterocycles. The van der Waals surface area contributed by atoms with Gasteiger partial charge in [-0.1, -0.05) is 36.7 Å². The molecule has 8 heteroatoms. The molecule has 0 aliphatic carbocycles. The molecule has 0 radical (unpaired) electrons. The highest BCUT2D eigenvalue weighted by Crippen LogP contribution is 2.20. The molecule has 2 atom stereocenters. The highest BCUT2D eigenvalue weighted by Gasteiger charge is 2.21. The second-order valence-electron chi connectivity index (χ2n) is 7.00. The monoisotopic (exact) mass is 436 g/mol. The van der Waals surface area contributed by atoms with Crippen LogP contribution >= 0.6 is 11.6 Å². The highest BCUT2D eigenvalue weighted by molar-refractivity contribution is 7.89. The number of ether oxygens (including phenoxy) is 1. The second-order valence-corrected chi connectivity index (χ2v) is 9.20. The van der Waals surface area contributed by atoms with Crippen LogP contribution in [-0.2, 0) is 14.8 Å². The number of amides is 1. The van der Waals surface area contributed by atoms with Gasteiger partial charge in [0.2, 0.25) is 10.0 Å². The number of nitrogens with one attached hydrogen (secondary N) is 2. The maximum Gasteiger partial charge on any atom is 0.251 e. The molecule has 156 valence electrons. The summed E-state index contributed by atoms with van der Waals surface area (Å²) in [7, 11) is -3.72. The van der Waals surface area contributed by atoms with E-state index < -0.39 is 10.0 Å². The zero-order valence-electron chi connectivity index (χ0n) is 16.2. The third-order valence-electron chi connectivity index (χ3n) is 4.92. The lowest BCUT2D eigenvalue weighted by Gasteiger charge is -2.18. The maximum absolute atomic E-state index is 12.7. The summed E-state index contributed by atoms with van der Waals surface area (Å²) in [6.45, 7) is 2.86. The zero-order valence-corrected chi connectivity index (χ0v) is 17.8. The standard InChI is InChI=1S/C21H25ClN2O4S/c1-2-20(15-8-10-17(22)11-9-15)24-21(25)16-5-3-7-19(13-16)29(26,27)23-14-18-6-4-12-28-18/h3,5,7-11,13,18,20,23H,2,4,6,12,14H2,1H3,(H,24,25). The molecule has 2 aromatic rings. The molecule has 29 heavy (non-hydrogen) atoms. The van der Waals surface area contributed by atoms with E-state index in [1.54, 1.807) is 24.3 Å². The van der Waals surface area contributed by atoms with Crippen LogP contribution in [0.1, 0.15) is 48.1 Å². The molecule has 1 amide bonds. The first-order valence-electron chi connectivity index (χ1n) is 9.66. The predicted octanol–water partition coefficient (Wildman–Crippen LogP) is 3.68. The maximum atomic E-state index is 12.7. The Labute approximate surface area is 176 Å². The van der Waals surface area contributed by atoms with Crippen molar-refractivity contribution in [1.82, 2.24) is 10.0 Å². The van der Waals surface area contributed by atoms with Gasteiger partial charge in [-0.2, -0.15) is 0 Å². The third kappa shape index (κ3) is 5.79. The van der Waals surface area contributed by atoms with Gasteiger partial charge in [-0.25, -0.2) is 13.1 Å². The van der Waals surface area contributed by atoms with Crippen molar-refractivity contribution < 1.29 is 17.9 Å². The summed E-state index contributed by atoms with van der Waals surface area (Å²) in [6.07, 6.45) is 2.37. The van der Waals surface area contributed by atoms with Crippen molar-refractivity contribution in [2.75, 3.05) is 13.2 Å². The van der Waals surface area contributed by atoms with E-state index in [1.807, 2.05) is 19.1 Å². The van der Waals surface area contributed by atoms with E-state index >= 15 is 0 Å². The number of carbonyl (C=O) groups excluding carboxylic acids is 1. The Balaban J connectivity index is 1.70. The zero-order chi connectivity index (χ0) is 20.9. The van der Waals surface area contributed by atoms with Crippen molar-refractivity contribution in [3.05, 3.63) is 64.7 Å². The Morgan fingerprint density at radius 1 is 1.24 bits per heavy atom. The van der Waals surface area contributed by atoms with E-state index in [-0.39, 0.29) is 35.1 Å². The van der Waals surface area contributed by atoms with Gasteiger partial charge in [-0.15, -0.1) is 0 Å². The van der Waals surface area contributed by atoms with Crippen LogP contribution in [-0.4, -0.2) is 33.6 Å². The quantitative estimate of drug-likeness (QED) is 0.661. The fraction of sp³-hybridized carbons (Fsp3) is 0.381. The molecule has 2 aromatic carbocycles. The minimum atomic E-state index is -3.72. The van der Waals surface area contributed by atoms with Gasteiger partial charge in [-0.05, 0) is 55.2 Å². The van der Waals surface area contributed by atoms with Gasteiger partial charge in [0, 0.05) is 23.7 Å². The van der Waals surface area contributed by atoms with E-state index in [2.05, 4.69) is 10.0 Å². The molecule has 0 spiro atoms. The van der Waals surface area contributed by atoms with Crippen LogP contribution in [0.2, 0.25) is 5.02 Å². The van der Waals surface area contributed by atoms with E-state index in [0.717, 1.165) is 18.4 Å². The molecular formula is C21H25ClN2O4S. The average molecular weight is 437 g/mol. The Morgan fingerprint density at radius 2 is 2.00 bits per heavy atom. The molecule has 1 heterocycles. The summed E-state index contributed by atoms with van der Waals surface area (Å²) >= 11 is 5.93. The lowest BCUT2D eigenvalue weighted by molar-refractivity contribution is 0.0935. The predicted molar refractivity (Wildman–Crippen MR) is 113 cm³/mol. The van der Waals surface area contributed by atoms with Crippen molar-refractivity contribution in [2.24, 2.45) is 0 Å². The molecule has 3 rings (SSSR count). The number of carbonyl (C=O) groups is 1. The van der Waals surface area contributed by atoms with Crippen LogP contribution in [0.25, 0.3) is 0 Å². The summed E-state index contributed by atoms with van der Waals surface area (Å²) in [5.41, 5.74) is 1.23. The number of sulfonamides is 1. The van der Waals surface area contributed by atoms with Crippen molar-refractivity contribution in [1.29, 1.82) is 0 Å². The third-order valence-corrected chi connectivity index (χ3v) is 6.59. The fourth-order valence-electron chi connectivity index (χ4n) is 3.25. The van der Waals surface area contributed by atoms with Crippen LogP contribution < -0.4 is 10.0 Å². The van der Waals surface area contributed by atoms with Gasteiger partial charge in [0.25, 0.3) is 5.91 Å². The first kappa shape index (κ1) is 21.8. The van der Waals surface area contributed by atoms with E-state index in [0.29, 0.717) is 18.1 Å². The number of rotatable bonds is 8. The van der Waals surface area contributed by atoms with Gasteiger partial charge in [0.15, 0.2) is 0 Å². The molecule has 6 nitrogen and oxygen atoms in total. The molecule has 0 aromatic heterocycles. The minimum Gasteiger partial charge on any atom is -0.377 e. The normalized spacial score (nSPS) is 17.8. The van der Waals surface area contributed by atoms with Crippen LogP contribution in [0.5, 0.6) is 0 Å². The van der Waals surface area contributed by atoms with Gasteiger partial charge >= 0.3 is 0 Å². The Morgan fingerprint density at radius 3 is 2.66 bits per heavy atom. The topological polar surface area (TPSA) is 84.5 Å². The van der Waals surface area contributed by atoms with Crippen molar-refractivity contribution >= 4 is 27.5 Å². The van der Waals surface area contributed by atoms with Crippen molar-refractivity contribution in [3.63, 3.8) is 0 Å². The summed E-state index contributed by atoms with van der Waals surface area (Å²) in [6, 6.07) is 13.1. The van der Waals surface area contributed by atoms with Gasteiger partial charge in [0.05, 0.1) is 17.0 Å². The molecule has 1 aliphatic rings. The molecule has 2 unspecified atom stereocenters. The number of hydrogen-bond donors (Lipinski definition) is 2. The molecule has 2 N–H and O–H groups in total. The average Bonchev–Trinajstić information content (AvgIpc) is 3.25. The van der Waals surface area contributed by atoms with E-state index in [1.165, 1.54) is 12.1 Å². The summed E-state index contributed by atoms with van der Waals surface area (Å²) in [5, 5.41) is 3.58. The minimum absolute atomic E-state index is 0.0580. The first-order chi connectivity index (χ1) is 13.9. The number of benzene rings is 2. The Kier molecular flexibility index (Phi) is 7.29. The first-order valence-corrected chi connectivity index (χ1v) is 11.5. The number of halogens is 1. The van der Waals surface area contributed by atoms with Crippen LogP contribution in [0.3, 0.4) is 0 Å². The summed E-state index contributed by atoms with van der Waals surface area (Å²) in [5.74, 6) is -0.331. The smallest absolute Gasteiger partial charge is 0.251 e. The van der Waals surface area contributed by atoms with Crippen molar-refractivity contribution in [3.8, 4) is 0 Å². The summed E-state index contributed by atoms with van der Waals surface area (Å²) < 4.78 is 33.2.